The van der Waals surface area contributed by atoms with E-state index in [2.05, 4.69) is 6.07 Å². The van der Waals surface area contributed by atoms with Crippen LogP contribution in [0.25, 0.3) is 0 Å². The van der Waals surface area contributed by atoms with Crippen molar-refractivity contribution in [1.82, 2.24) is 5.06 Å². The third-order valence-corrected chi connectivity index (χ3v) is 4.76. The van der Waals surface area contributed by atoms with Crippen LogP contribution in [0.5, 0.6) is 0 Å². The number of hydroxylamine groups is 2. The average molecular weight is 310 g/mol. The predicted molar refractivity (Wildman–Crippen MR) is 73.2 cm³/mol. The second kappa shape index (κ2) is 4.63. The fourth-order valence-electron chi connectivity index (χ4n) is 4.02. The van der Waals surface area contributed by atoms with E-state index in [1.54, 1.807) is 0 Å². The largest absolute Gasteiger partial charge is 0.348 e. The molecular formula is C15H22N2O5. The topological polar surface area (TPSA) is 73.2 Å². The van der Waals surface area contributed by atoms with Gasteiger partial charge in [0.2, 0.25) is 0 Å². The molecule has 4 saturated heterocycles. The molecule has 0 aromatic heterocycles. The zero-order valence-electron chi connectivity index (χ0n) is 13.3. The molecule has 0 saturated carbocycles. The van der Waals surface area contributed by atoms with Crippen LogP contribution in [-0.2, 0) is 23.8 Å². The van der Waals surface area contributed by atoms with Gasteiger partial charge in [0, 0.05) is 6.42 Å². The van der Waals surface area contributed by atoms with Crippen molar-refractivity contribution in [1.29, 1.82) is 5.26 Å². The molecule has 0 unspecified atom stereocenters. The lowest BCUT2D eigenvalue weighted by molar-refractivity contribution is -0.238. The van der Waals surface area contributed by atoms with E-state index < -0.39 is 17.7 Å². The molecule has 6 atom stereocenters. The summed E-state index contributed by atoms with van der Waals surface area (Å²) in [5, 5.41) is 11.0. The summed E-state index contributed by atoms with van der Waals surface area (Å²) in [6.45, 7) is 8.11. The zero-order chi connectivity index (χ0) is 15.7. The van der Waals surface area contributed by atoms with Crippen LogP contribution in [-0.4, -0.2) is 59.7 Å². The van der Waals surface area contributed by atoms with Crippen LogP contribution < -0.4 is 0 Å². The maximum Gasteiger partial charge on any atom is 0.167 e. The summed E-state index contributed by atoms with van der Waals surface area (Å²) in [5.41, 5.74) is 0. The molecule has 0 amide bonds. The molecule has 0 aliphatic carbocycles. The SMILES string of the molecule is CC1(C)O[C@@H]2[C@H](O1)[C@@H]1C[C@@H](C#N)ON1[C@H]2[C@H]1COC(C)(C)O1. The summed E-state index contributed by atoms with van der Waals surface area (Å²) in [7, 11) is 0. The molecule has 122 valence electrons. The number of nitriles is 1. The van der Waals surface area contributed by atoms with E-state index in [1.165, 1.54) is 0 Å². The Balaban J connectivity index is 1.62. The van der Waals surface area contributed by atoms with E-state index >= 15 is 0 Å². The summed E-state index contributed by atoms with van der Waals surface area (Å²) in [5.74, 6) is -1.24. The van der Waals surface area contributed by atoms with Crippen LogP contribution in [0.3, 0.4) is 0 Å². The highest BCUT2D eigenvalue weighted by atomic mass is 16.8. The minimum Gasteiger partial charge on any atom is -0.348 e. The molecular weight excluding hydrogens is 288 g/mol. The third-order valence-electron chi connectivity index (χ3n) is 4.76. The van der Waals surface area contributed by atoms with Gasteiger partial charge in [-0.15, -0.1) is 0 Å². The van der Waals surface area contributed by atoms with Crippen LogP contribution in [0.15, 0.2) is 0 Å². The Kier molecular flexibility index (Phi) is 3.12. The van der Waals surface area contributed by atoms with Gasteiger partial charge in [-0.2, -0.15) is 10.3 Å². The van der Waals surface area contributed by atoms with Gasteiger partial charge in [-0.25, -0.2) is 0 Å². The molecule has 0 radical (unpaired) electrons. The molecule has 0 bridgehead atoms. The highest BCUT2D eigenvalue weighted by molar-refractivity contribution is 5.11. The van der Waals surface area contributed by atoms with Crippen LogP contribution >= 0.6 is 0 Å². The lowest BCUT2D eigenvalue weighted by atomic mass is 10.0. The first-order valence-electron chi connectivity index (χ1n) is 7.82. The molecule has 0 spiro atoms. The molecule has 4 heterocycles. The molecule has 7 nitrogen and oxygen atoms in total. The van der Waals surface area contributed by atoms with Crippen LogP contribution in [0.2, 0.25) is 0 Å². The van der Waals surface area contributed by atoms with E-state index in [1.807, 2.05) is 32.8 Å². The van der Waals surface area contributed by atoms with Crippen molar-refractivity contribution in [2.75, 3.05) is 6.61 Å². The lowest BCUT2D eigenvalue weighted by Crippen LogP contribution is -2.48. The van der Waals surface area contributed by atoms with Crippen molar-refractivity contribution in [3.63, 3.8) is 0 Å². The van der Waals surface area contributed by atoms with Crippen LogP contribution in [0.4, 0.5) is 0 Å². The standard InChI is InChI=1S/C15H22N2O5/c1-14(2)18-7-10(19-14)11-13-12(20-15(3,4)21-13)9-5-8(6-16)22-17(9)11/h8-13H,5,7H2,1-4H3/t8-,9-,10+,11-,12+,13-/m0/s1. The highest BCUT2D eigenvalue weighted by Crippen LogP contribution is 2.47. The van der Waals surface area contributed by atoms with Crippen molar-refractivity contribution in [3.05, 3.63) is 0 Å². The summed E-state index contributed by atoms with van der Waals surface area (Å²) < 4.78 is 23.9. The van der Waals surface area contributed by atoms with Gasteiger partial charge in [0.1, 0.15) is 18.3 Å². The second-order valence-corrected chi connectivity index (χ2v) is 7.31. The Morgan fingerprint density at radius 2 is 1.77 bits per heavy atom. The molecule has 4 rings (SSSR count). The zero-order valence-corrected chi connectivity index (χ0v) is 13.3. The van der Waals surface area contributed by atoms with Gasteiger partial charge in [-0.3, -0.25) is 4.84 Å². The number of nitrogens with zero attached hydrogens (tertiary/aromatic N) is 2. The smallest absolute Gasteiger partial charge is 0.167 e. The van der Waals surface area contributed by atoms with Gasteiger partial charge in [-0.05, 0) is 27.7 Å². The Morgan fingerprint density at radius 1 is 1.05 bits per heavy atom. The number of hydrogen-bond acceptors (Lipinski definition) is 7. The maximum atomic E-state index is 9.17. The van der Waals surface area contributed by atoms with E-state index in [9.17, 15) is 0 Å². The average Bonchev–Trinajstić information content (AvgIpc) is 3.10. The van der Waals surface area contributed by atoms with Crippen molar-refractivity contribution in [2.24, 2.45) is 0 Å². The van der Waals surface area contributed by atoms with Crippen LogP contribution in [0.1, 0.15) is 34.1 Å². The van der Waals surface area contributed by atoms with E-state index in [0.717, 1.165) is 0 Å². The minimum atomic E-state index is -0.626. The first-order valence-corrected chi connectivity index (χ1v) is 7.82. The van der Waals surface area contributed by atoms with Gasteiger partial charge in [0.25, 0.3) is 0 Å². The first-order chi connectivity index (χ1) is 10.3. The molecule has 0 aromatic carbocycles. The lowest BCUT2D eigenvalue weighted by Gasteiger charge is -2.31. The Bertz CT molecular complexity index is 517. The number of ether oxygens (including phenoxy) is 4. The van der Waals surface area contributed by atoms with Gasteiger partial charge < -0.3 is 18.9 Å². The van der Waals surface area contributed by atoms with Crippen LogP contribution in [0, 0.1) is 11.3 Å². The Hall–Kier alpha value is -0.750. The van der Waals surface area contributed by atoms with Crippen molar-refractivity contribution in [2.45, 2.75) is 82.2 Å². The summed E-state index contributed by atoms with van der Waals surface area (Å²) >= 11 is 0. The maximum absolute atomic E-state index is 9.17. The Labute approximate surface area is 129 Å². The Morgan fingerprint density at radius 3 is 2.41 bits per heavy atom. The second-order valence-electron chi connectivity index (χ2n) is 7.31. The summed E-state index contributed by atoms with van der Waals surface area (Å²) in [4.78, 5) is 5.81. The first kappa shape index (κ1) is 14.8. The van der Waals surface area contributed by atoms with Gasteiger partial charge in [0.05, 0.1) is 24.8 Å². The highest BCUT2D eigenvalue weighted by Gasteiger charge is 2.64. The summed E-state index contributed by atoms with van der Waals surface area (Å²) in [6, 6.07) is 2.08. The van der Waals surface area contributed by atoms with Crippen molar-refractivity contribution in [3.8, 4) is 6.07 Å². The molecule has 0 N–H and O–H groups in total. The fourth-order valence-corrected chi connectivity index (χ4v) is 4.02. The van der Waals surface area contributed by atoms with E-state index in [4.69, 9.17) is 29.0 Å². The van der Waals surface area contributed by atoms with Crippen molar-refractivity contribution < 1.29 is 23.8 Å². The monoisotopic (exact) mass is 310 g/mol. The van der Waals surface area contributed by atoms with Crippen molar-refractivity contribution >= 4 is 0 Å². The van der Waals surface area contributed by atoms with Gasteiger partial charge in [-0.1, -0.05) is 0 Å². The molecule has 4 fully saturated rings. The molecule has 0 aromatic rings. The van der Waals surface area contributed by atoms with Gasteiger partial charge >= 0.3 is 0 Å². The number of hydrogen-bond donors (Lipinski definition) is 0. The molecule has 22 heavy (non-hydrogen) atoms. The summed E-state index contributed by atoms with van der Waals surface area (Å²) in [6.07, 6.45) is -0.212. The minimum absolute atomic E-state index is 0.0220. The molecule has 4 aliphatic heterocycles. The molecule has 4 aliphatic rings. The normalized spacial score (nSPS) is 49.0. The third kappa shape index (κ3) is 2.18. The number of rotatable bonds is 1. The number of fused-ring (bicyclic) bond motifs is 3. The van der Waals surface area contributed by atoms with E-state index in [-0.39, 0.29) is 30.4 Å². The predicted octanol–water partition coefficient (Wildman–Crippen LogP) is 0.938. The fraction of sp³-hybridized carbons (Fsp3) is 0.933. The quantitative estimate of drug-likeness (QED) is 0.713. The van der Waals surface area contributed by atoms with Gasteiger partial charge in [0.15, 0.2) is 17.7 Å². The van der Waals surface area contributed by atoms with E-state index in [0.29, 0.717) is 13.0 Å². The molecule has 7 heteroatoms.